The second kappa shape index (κ2) is 9.97. The SMILES string of the molecule is CC(C)NC(=O)c1ccccc1NC(=O)C1CN(S(=O)(=O)c2ccc(Cl)cc2)c2ccccc2O1. The first-order valence-electron chi connectivity index (χ1n) is 10.9. The average Bonchev–Trinajstić information content (AvgIpc) is 2.83. The maximum absolute atomic E-state index is 13.5. The minimum Gasteiger partial charge on any atom is -0.476 e. The van der Waals surface area contributed by atoms with Gasteiger partial charge in [-0.25, -0.2) is 8.42 Å². The Balaban J connectivity index is 1.64. The lowest BCUT2D eigenvalue weighted by molar-refractivity contribution is -0.122. The van der Waals surface area contributed by atoms with Crippen LogP contribution in [0.25, 0.3) is 0 Å². The standard InChI is InChI=1S/C25H24ClN3O5S/c1-16(2)27-24(30)19-7-3-4-8-20(19)28-25(31)23-15-29(21-9-5-6-10-22(21)34-23)35(32,33)18-13-11-17(26)12-14-18/h3-14,16,23H,15H2,1-2H3,(H,27,30)(H,28,31). The highest BCUT2D eigenvalue weighted by atomic mass is 35.5. The summed E-state index contributed by atoms with van der Waals surface area (Å²) >= 11 is 5.92. The van der Waals surface area contributed by atoms with Crippen LogP contribution in [0.4, 0.5) is 11.4 Å². The maximum atomic E-state index is 13.5. The van der Waals surface area contributed by atoms with Crippen LogP contribution >= 0.6 is 11.6 Å². The third-order valence-corrected chi connectivity index (χ3v) is 7.32. The molecule has 0 spiro atoms. The summed E-state index contributed by atoms with van der Waals surface area (Å²) < 4.78 is 34.0. The fraction of sp³-hybridized carbons (Fsp3) is 0.200. The normalized spacial score (nSPS) is 15.2. The lowest BCUT2D eigenvalue weighted by Gasteiger charge is -2.34. The number of nitrogens with zero attached hydrogens (tertiary/aromatic N) is 1. The molecule has 0 bridgehead atoms. The van der Waals surface area contributed by atoms with Gasteiger partial charge in [0, 0.05) is 11.1 Å². The third-order valence-electron chi connectivity index (χ3n) is 5.28. The van der Waals surface area contributed by atoms with Crippen LogP contribution in [0.15, 0.2) is 77.7 Å². The van der Waals surface area contributed by atoms with E-state index in [1.54, 1.807) is 48.5 Å². The van der Waals surface area contributed by atoms with E-state index in [4.69, 9.17) is 16.3 Å². The van der Waals surface area contributed by atoms with Crippen molar-refractivity contribution >= 4 is 44.8 Å². The van der Waals surface area contributed by atoms with Crippen molar-refractivity contribution in [2.75, 3.05) is 16.2 Å². The third kappa shape index (κ3) is 5.26. The van der Waals surface area contributed by atoms with Gasteiger partial charge in [0.15, 0.2) is 6.10 Å². The Labute approximate surface area is 208 Å². The largest absolute Gasteiger partial charge is 0.476 e. The van der Waals surface area contributed by atoms with Crippen molar-refractivity contribution < 1.29 is 22.7 Å². The van der Waals surface area contributed by atoms with Crippen molar-refractivity contribution in [2.45, 2.75) is 30.9 Å². The Morgan fingerprint density at radius 2 is 1.66 bits per heavy atom. The molecule has 2 N–H and O–H groups in total. The summed E-state index contributed by atoms with van der Waals surface area (Å²) in [5.41, 5.74) is 0.907. The molecular weight excluding hydrogens is 490 g/mol. The lowest BCUT2D eigenvalue weighted by Crippen LogP contribution is -2.49. The zero-order chi connectivity index (χ0) is 25.2. The number of fused-ring (bicyclic) bond motifs is 1. The molecule has 0 aliphatic carbocycles. The molecule has 0 saturated carbocycles. The number of benzene rings is 3. The molecular formula is C25H24ClN3O5S. The summed E-state index contributed by atoms with van der Waals surface area (Å²) in [4.78, 5) is 25.8. The van der Waals surface area contributed by atoms with Crippen LogP contribution in [-0.2, 0) is 14.8 Å². The van der Waals surface area contributed by atoms with E-state index in [9.17, 15) is 18.0 Å². The molecule has 3 aromatic rings. The summed E-state index contributed by atoms with van der Waals surface area (Å²) in [6, 6.07) is 18.9. The van der Waals surface area contributed by atoms with Crippen LogP contribution in [0, 0.1) is 0 Å². The topological polar surface area (TPSA) is 105 Å². The molecule has 4 rings (SSSR count). The highest BCUT2D eigenvalue weighted by molar-refractivity contribution is 7.92. The van der Waals surface area contributed by atoms with Crippen molar-refractivity contribution in [1.82, 2.24) is 5.32 Å². The number of nitrogens with one attached hydrogen (secondary N) is 2. The Morgan fingerprint density at radius 3 is 2.37 bits per heavy atom. The van der Waals surface area contributed by atoms with E-state index in [0.29, 0.717) is 16.4 Å². The number of sulfonamides is 1. The molecule has 1 aliphatic heterocycles. The second-order valence-corrected chi connectivity index (χ2v) is 10.5. The minimum absolute atomic E-state index is 0.0356. The minimum atomic E-state index is -4.02. The number of carbonyl (C=O) groups is 2. The van der Waals surface area contributed by atoms with E-state index in [2.05, 4.69) is 10.6 Å². The fourth-order valence-corrected chi connectivity index (χ4v) is 5.25. The summed E-state index contributed by atoms with van der Waals surface area (Å²) in [7, 11) is -4.02. The van der Waals surface area contributed by atoms with Crippen LogP contribution in [0.1, 0.15) is 24.2 Å². The number of anilines is 2. The molecule has 0 saturated heterocycles. The molecule has 0 fully saturated rings. The second-order valence-electron chi connectivity index (χ2n) is 8.23. The molecule has 8 nitrogen and oxygen atoms in total. The van der Waals surface area contributed by atoms with Gasteiger partial charge in [0.2, 0.25) is 0 Å². The van der Waals surface area contributed by atoms with Crippen molar-refractivity contribution in [3.8, 4) is 5.75 Å². The van der Waals surface area contributed by atoms with Crippen molar-refractivity contribution in [3.05, 3.63) is 83.4 Å². The van der Waals surface area contributed by atoms with E-state index >= 15 is 0 Å². The van der Waals surface area contributed by atoms with Crippen molar-refractivity contribution in [2.24, 2.45) is 0 Å². The van der Waals surface area contributed by atoms with Gasteiger partial charge in [-0.1, -0.05) is 35.9 Å². The number of amides is 2. The van der Waals surface area contributed by atoms with E-state index in [1.807, 2.05) is 13.8 Å². The Hall–Kier alpha value is -3.56. The van der Waals surface area contributed by atoms with E-state index < -0.39 is 22.0 Å². The Kier molecular flexibility index (Phi) is 7.00. The molecule has 3 aromatic carbocycles. The van der Waals surface area contributed by atoms with E-state index in [-0.39, 0.29) is 34.7 Å². The molecule has 2 amide bonds. The number of halogens is 1. The zero-order valence-corrected chi connectivity index (χ0v) is 20.6. The first-order valence-corrected chi connectivity index (χ1v) is 12.7. The van der Waals surface area contributed by atoms with Gasteiger partial charge in [0.05, 0.1) is 28.4 Å². The number of ether oxygens (including phenoxy) is 1. The summed E-state index contributed by atoms with van der Waals surface area (Å²) in [5, 5.41) is 5.92. The highest BCUT2D eigenvalue weighted by Gasteiger charge is 2.37. The molecule has 1 atom stereocenters. The fourth-order valence-electron chi connectivity index (χ4n) is 3.64. The number of hydrogen-bond acceptors (Lipinski definition) is 5. The van der Waals surface area contributed by atoms with Crippen LogP contribution in [0.3, 0.4) is 0 Å². The number of hydrogen-bond donors (Lipinski definition) is 2. The van der Waals surface area contributed by atoms with Gasteiger partial charge in [-0.15, -0.1) is 0 Å². The average molecular weight is 514 g/mol. The summed E-state index contributed by atoms with van der Waals surface area (Å²) in [6.07, 6.45) is -1.16. The molecule has 10 heteroatoms. The molecule has 182 valence electrons. The van der Waals surface area contributed by atoms with Gasteiger partial charge in [-0.2, -0.15) is 0 Å². The lowest BCUT2D eigenvalue weighted by atomic mass is 10.1. The smallest absolute Gasteiger partial charge is 0.267 e. The van der Waals surface area contributed by atoms with Crippen LogP contribution in [-0.4, -0.2) is 38.9 Å². The number of rotatable bonds is 6. The van der Waals surface area contributed by atoms with Crippen molar-refractivity contribution in [3.63, 3.8) is 0 Å². The van der Waals surface area contributed by atoms with E-state index in [1.165, 1.54) is 24.3 Å². The Bertz CT molecular complexity index is 1360. The van der Waals surface area contributed by atoms with Crippen LogP contribution < -0.4 is 19.7 Å². The first-order chi connectivity index (χ1) is 16.7. The molecule has 0 radical (unpaired) electrons. The van der Waals surface area contributed by atoms with Gasteiger partial charge in [0.1, 0.15) is 5.75 Å². The van der Waals surface area contributed by atoms with Gasteiger partial charge in [0.25, 0.3) is 21.8 Å². The molecule has 0 aromatic heterocycles. The number of carbonyl (C=O) groups excluding carboxylic acids is 2. The van der Waals surface area contributed by atoms with E-state index in [0.717, 1.165) is 4.31 Å². The Morgan fingerprint density at radius 1 is 1.00 bits per heavy atom. The zero-order valence-electron chi connectivity index (χ0n) is 19.1. The highest BCUT2D eigenvalue weighted by Crippen LogP contribution is 2.37. The predicted molar refractivity (Wildman–Crippen MR) is 135 cm³/mol. The van der Waals surface area contributed by atoms with Crippen LogP contribution in [0.2, 0.25) is 5.02 Å². The molecule has 1 heterocycles. The number of para-hydroxylation sites is 3. The molecule has 1 unspecified atom stereocenters. The quantitative estimate of drug-likeness (QED) is 0.517. The monoisotopic (exact) mass is 513 g/mol. The molecule has 35 heavy (non-hydrogen) atoms. The van der Waals surface area contributed by atoms with Gasteiger partial charge in [-0.3, -0.25) is 13.9 Å². The van der Waals surface area contributed by atoms with Gasteiger partial charge in [-0.05, 0) is 62.4 Å². The summed E-state index contributed by atoms with van der Waals surface area (Å²) in [5.74, 6) is -0.666. The maximum Gasteiger partial charge on any atom is 0.267 e. The first kappa shape index (κ1) is 24.6. The predicted octanol–water partition coefficient (Wildman–Crippen LogP) is 4.07. The summed E-state index contributed by atoms with van der Waals surface area (Å²) in [6.45, 7) is 3.42. The van der Waals surface area contributed by atoms with Gasteiger partial charge >= 0.3 is 0 Å². The van der Waals surface area contributed by atoms with Crippen LogP contribution in [0.5, 0.6) is 5.75 Å². The van der Waals surface area contributed by atoms with Crippen molar-refractivity contribution in [1.29, 1.82) is 0 Å². The molecule has 1 aliphatic rings. The van der Waals surface area contributed by atoms with Gasteiger partial charge < -0.3 is 15.4 Å².